The molecule has 3 heterocycles. The maximum absolute atomic E-state index is 4.18. The molecule has 1 aromatic heterocycles. The standard InChI is InChI=1S/C11H18N6/c1-2-10(1)17-11(13-14-15-17)7-16-5-8-3-12-4-9(8)6-16/h8-10,12H,1-7H2/t8-,9+. The molecule has 0 amide bonds. The molecule has 0 bridgehead atoms. The molecule has 6 heteroatoms. The van der Waals surface area contributed by atoms with Crippen molar-refractivity contribution < 1.29 is 0 Å². The number of rotatable bonds is 3. The van der Waals surface area contributed by atoms with Crippen LogP contribution in [0.4, 0.5) is 0 Å². The zero-order chi connectivity index (χ0) is 11.2. The molecule has 2 atom stereocenters. The van der Waals surface area contributed by atoms with Crippen LogP contribution >= 0.6 is 0 Å². The van der Waals surface area contributed by atoms with Crippen LogP contribution in [0.1, 0.15) is 24.7 Å². The summed E-state index contributed by atoms with van der Waals surface area (Å²) in [5.41, 5.74) is 0. The SMILES string of the molecule is C1CC1n1nnnc1CN1C[C@H]2CNC[C@H]2C1. The van der Waals surface area contributed by atoms with Gasteiger partial charge in [-0.25, -0.2) is 4.68 Å². The molecule has 0 aromatic carbocycles. The summed E-state index contributed by atoms with van der Waals surface area (Å²) in [7, 11) is 0. The van der Waals surface area contributed by atoms with Gasteiger partial charge in [-0.2, -0.15) is 0 Å². The molecule has 92 valence electrons. The van der Waals surface area contributed by atoms with Crippen LogP contribution < -0.4 is 5.32 Å². The highest BCUT2D eigenvalue weighted by Crippen LogP contribution is 2.35. The second-order valence-corrected chi connectivity index (χ2v) is 5.64. The Kier molecular flexibility index (Phi) is 2.19. The Labute approximate surface area is 100 Å². The summed E-state index contributed by atoms with van der Waals surface area (Å²) in [6.07, 6.45) is 2.49. The Morgan fingerprint density at radius 2 is 1.94 bits per heavy atom. The molecule has 2 aliphatic heterocycles. The number of nitrogens with one attached hydrogen (secondary N) is 1. The van der Waals surface area contributed by atoms with Gasteiger partial charge in [0.2, 0.25) is 0 Å². The number of fused-ring (bicyclic) bond motifs is 1. The summed E-state index contributed by atoms with van der Waals surface area (Å²) in [6, 6.07) is 0.587. The molecule has 2 saturated heterocycles. The first kappa shape index (κ1) is 9.96. The minimum Gasteiger partial charge on any atom is -0.316 e. The van der Waals surface area contributed by atoms with Crippen LogP contribution in [-0.4, -0.2) is 51.3 Å². The first-order chi connectivity index (χ1) is 8.40. The summed E-state index contributed by atoms with van der Waals surface area (Å²) in [4.78, 5) is 2.51. The predicted octanol–water partition coefficient (Wildman–Crippen LogP) is -0.341. The summed E-state index contributed by atoms with van der Waals surface area (Å²) >= 11 is 0. The van der Waals surface area contributed by atoms with Gasteiger partial charge in [-0.3, -0.25) is 4.90 Å². The summed E-state index contributed by atoms with van der Waals surface area (Å²) in [5.74, 6) is 2.75. The van der Waals surface area contributed by atoms with Crippen LogP contribution in [0.3, 0.4) is 0 Å². The van der Waals surface area contributed by atoms with E-state index < -0.39 is 0 Å². The Bertz CT molecular complexity index is 400. The molecule has 1 aliphatic carbocycles. The number of aromatic nitrogens is 4. The maximum atomic E-state index is 4.18. The first-order valence-electron chi connectivity index (χ1n) is 6.60. The molecular formula is C11H18N6. The van der Waals surface area contributed by atoms with E-state index in [4.69, 9.17) is 0 Å². The third kappa shape index (κ3) is 1.75. The molecule has 17 heavy (non-hydrogen) atoms. The van der Waals surface area contributed by atoms with Crippen molar-refractivity contribution >= 4 is 0 Å². The van der Waals surface area contributed by atoms with Crippen molar-refractivity contribution in [3.63, 3.8) is 0 Å². The number of nitrogens with zero attached hydrogens (tertiary/aromatic N) is 5. The lowest BCUT2D eigenvalue weighted by molar-refractivity contribution is 0.290. The van der Waals surface area contributed by atoms with E-state index in [0.29, 0.717) is 6.04 Å². The van der Waals surface area contributed by atoms with E-state index in [1.165, 1.54) is 39.0 Å². The van der Waals surface area contributed by atoms with Gasteiger partial charge in [0.25, 0.3) is 0 Å². The monoisotopic (exact) mass is 234 g/mol. The third-order valence-electron chi connectivity index (χ3n) is 4.28. The molecule has 3 fully saturated rings. The zero-order valence-electron chi connectivity index (χ0n) is 9.92. The van der Waals surface area contributed by atoms with E-state index in [2.05, 4.69) is 25.7 Å². The van der Waals surface area contributed by atoms with Gasteiger partial charge in [0.1, 0.15) is 0 Å². The van der Waals surface area contributed by atoms with Crippen molar-refractivity contribution in [2.45, 2.75) is 25.4 Å². The van der Waals surface area contributed by atoms with E-state index in [1.807, 2.05) is 4.68 Å². The van der Waals surface area contributed by atoms with Crippen LogP contribution in [0.25, 0.3) is 0 Å². The summed E-state index contributed by atoms with van der Waals surface area (Å²) in [6.45, 7) is 5.71. The normalized spacial score (nSPS) is 33.2. The quantitative estimate of drug-likeness (QED) is 0.775. The second-order valence-electron chi connectivity index (χ2n) is 5.64. The Morgan fingerprint density at radius 1 is 1.18 bits per heavy atom. The molecule has 1 N–H and O–H groups in total. The van der Waals surface area contributed by atoms with Gasteiger partial charge < -0.3 is 5.32 Å². The van der Waals surface area contributed by atoms with E-state index in [0.717, 1.165) is 24.2 Å². The largest absolute Gasteiger partial charge is 0.316 e. The van der Waals surface area contributed by atoms with E-state index >= 15 is 0 Å². The minimum atomic E-state index is 0.587. The highest BCUT2D eigenvalue weighted by Gasteiger charge is 2.37. The fourth-order valence-electron chi connectivity index (χ4n) is 3.20. The molecule has 0 spiro atoms. The topological polar surface area (TPSA) is 58.9 Å². The molecule has 0 unspecified atom stereocenters. The van der Waals surface area contributed by atoms with Gasteiger partial charge in [-0.05, 0) is 48.2 Å². The Hall–Kier alpha value is -1.01. The number of tetrazole rings is 1. The number of hydrogen-bond acceptors (Lipinski definition) is 5. The lowest BCUT2D eigenvalue weighted by Gasteiger charge is -2.15. The van der Waals surface area contributed by atoms with Gasteiger partial charge >= 0.3 is 0 Å². The Balaban J connectivity index is 1.45. The number of hydrogen-bond donors (Lipinski definition) is 1. The van der Waals surface area contributed by atoms with Crippen LogP contribution in [-0.2, 0) is 6.54 Å². The average Bonchev–Trinajstić information content (AvgIpc) is 2.72. The lowest BCUT2D eigenvalue weighted by Crippen LogP contribution is -2.26. The third-order valence-corrected chi connectivity index (χ3v) is 4.28. The zero-order valence-corrected chi connectivity index (χ0v) is 9.92. The Morgan fingerprint density at radius 3 is 2.65 bits per heavy atom. The van der Waals surface area contributed by atoms with Gasteiger partial charge in [-0.15, -0.1) is 5.10 Å². The molecule has 1 saturated carbocycles. The fourth-order valence-corrected chi connectivity index (χ4v) is 3.20. The van der Waals surface area contributed by atoms with Crippen LogP contribution in [0.5, 0.6) is 0 Å². The van der Waals surface area contributed by atoms with Crippen molar-refractivity contribution in [1.82, 2.24) is 30.4 Å². The van der Waals surface area contributed by atoms with Crippen LogP contribution in [0, 0.1) is 11.8 Å². The van der Waals surface area contributed by atoms with Gasteiger partial charge in [-0.1, -0.05) is 0 Å². The number of likely N-dealkylation sites (tertiary alicyclic amines) is 1. The van der Waals surface area contributed by atoms with Crippen LogP contribution in [0.15, 0.2) is 0 Å². The van der Waals surface area contributed by atoms with Gasteiger partial charge in [0, 0.05) is 13.1 Å². The molecule has 3 aliphatic rings. The second kappa shape index (κ2) is 3.74. The van der Waals surface area contributed by atoms with E-state index in [1.54, 1.807) is 0 Å². The van der Waals surface area contributed by atoms with Crippen molar-refractivity contribution in [2.24, 2.45) is 11.8 Å². The van der Waals surface area contributed by atoms with Crippen molar-refractivity contribution in [1.29, 1.82) is 0 Å². The highest BCUT2D eigenvalue weighted by atomic mass is 15.6. The molecule has 1 aromatic rings. The van der Waals surface area contributed by atoms with E-state index in [9.17, 15) is 0 Å². The fraction of sp³-hybridized carbons (Fsp3) is 0.909. The average molecular weight is 234 g/mol. The highest BCUT2D eigenvalue weighted by molar-refractivity contribution is 4.95. The summed E-state index contributed by atoms with van der Waals surface area (Å²) < 4.78 is 2.03. The van der Waals surface area contributed by atoms with E-state index in [-0.39, 0.29) is 0 Å². The van der Waals surface area contributed by atoms with Gasteiger partial charge in [0.15, 0.2) is 5.82 Å². The van der Waals surface area contributed by atoms with Crippen LogP contribution in [0.2, 0.25) is 0 Å². The molecule has 4 rings (SSSR count). The predicted molar refractivity (Wildman–Crippen MR) is 61.2 cm³/mol. The maximum Gasteiger partial charge on any atom is 0.165 e. The lowest BCUT2D eigenvalue weighted by atomic mass is 10.0. The molecular weight excluding hydrogens is 216 g/mol. The summed E-state index contributed by atoms with van der Waals surface area (Å²) in [5, 5.41) is 15.6. The van der Waals surface area contributed by atoms with Crippen molar-refractivity contribution in [3.05, 3.63) is 5.82 Å². The first-order valence-corrected chi connectivity index (χ1v) is 6.60. The van der Waals surface area contributed by atoms with Crippen molar-refractivity contribution in [2.75, 3.05) is 26.2 Å². The molecule has 6 nitrogen and oxygen atoms in total. The van der Waals surface area contributed by atoms with Gasteiger partial charge in [0.05, 0.1) is 12.6 Å². The molecule has 0 radical (unpaired) electrons. The minimum absolute atomic E-state index is 0.587. The van der Waals surface area contributed by atoms with Crippen molar-refractivity contribution in [3.8, 4) is 0 Å². The smallest absolute Gasteiger partial charge is 0.165 e.